The molecule has 0 atom stereocenters. The van der Waals surface area contributed by atoms with Crippen LogP contribution >= 0.6 is 0 Å². The zero-order valence-electron chi connectivity index (χ0n) is 14.4. The van der Waals surface area contributed by atoms with Crippen LogP contribution in [0.15, 0.2) is 41.3 Å². The van der Waals surface area contributed by atoms with Crippen LogP contribution in [0.4, 0.5) is 32.0 Å². The minimum absolute atomic E-state index is 0.164. The van der Waals surface area contributed by atoms with Gasteiger partial charge >= 0.3 is 12.4 Å². The van der Waals surface area contributed by atoms with E-state index in [9.17, 15) is 39.6 Å². The Morgan fingerprint density at radius 2 is 1.46 bits per heavy atom. The van der Waals surface area contributed by atoms with Crippen molar-refractivity contribution in [2.24, 2.45) is 0 Å². The highest BCUT2D eigenvalue weighted by atomic mass is 32.2. The number of benzene rings is 2. The van der Waals surface area contributed by atoms with Crippen molar-refractivity contribution in [1.82, 2.24) is 0 Å². The minimum Gasteiger partial charge on any atom is -0.294 e. The summed E-state index contributed by atoms with van der Waals surface area (Å²) in [5.74, 6) is -1.25. The van der Waals surface area contributed by atoms with Crippen molar-refractivity contribution >= 4 is 21.5 Å². The van der Waals surface area contributed by atoms with Gasteiger partial charge in [-0.3, -0.25) is 9.52 Å². The lowest BCUT2D eigenvalue weighted by molar-refractivity contribution is -0.143. The van der Waals surface area contributed by atoms with Crippen LogP contribution in [0, 0.1) is 6.92 Å². The SMILES string of the molecule is CC(=O)c1c(NS(=O)(=O)c2ccc(C)cc2)cc(C(F)(F)F)cc1C(F)(F)F. The van der Waals surface area contributed by atoms with E-state index in [0.717, 1.165) is 12.1 Å². The molecule has 4 nitrogen and oxygen atoms in total. The normalized spacial score (nSPS) is 12.7. The van der Waals surface area contributed by atoms with Crippen molar-refractivity contribution in [3.63, 3.8) is 0 Å². The Bertz CT molecular complexity index is 1010. The Kier molecular flexibility index (Phi) is 5.52. The molecule has 0 saturated carbocycles. The maximum absolute atomic E-state index is 13.3. The summed E-state index contributed by atoms with van der Waals surface area (Å²) in [5, 5.41) is 0. The molecular formula is C17H13F6NO3S. The maximum Gasteiger partial charge on any atom is 0.417 e. The molecule has 0 aliphatic rings. The minimum atomic E-state index is -5.31. The number of hydrogen-bond acceptors (Lipinski definition) is 3. The van der Waals surface area contributed by atoms with Gasteiger partial charge in [0.05, 0.1) is 27.3 Å². The summed E-state index contributed by atoms with van der Waals surface area (Å²) in [6.07, 6.45) is -10.5. The fourth-order valence-electron chi connectivity index (χ4n) is 2.41. The van der Waals surface area contributed by atoms with Gasteiger partial charge in [-0.1, -0.05) is 17.7 Å². The van der Waals surface area contributed by atoms with E-state index in [1.54, 1.807) is 11.6 Å². The molecule has 0 aromatic heterocycles. The lowest BCUT2D eigenvalue weighted by atomic mass is 9.98. The molecule has 0 amide bonds. The van der Waals surface area contributed by atoms with Crippen LogP contribution in [0.5, 0.6) is 0 Å². The average Bonchev–Trinajstić information content (AvgIpc) is 2.52. The van der Waals surface area contributed by atoms with Crippen LogP contribution in [0.25, 0.3) is 0 Å². The van der Waals surface area contributed by atoms with Crippen LogP contribution in [-0.2, 0) is 22.4 Å². The third-order valence-corrected chi connectivity index (χ3v) is 5.08. The van der Waals surface area contributed by atoms with Crippen molar-refractivity contribution < 1.29 is 39.6 Å². The van der Waals surface area contributed by atoms with E-state index < -0.39 is 55.4 Å². The van der Waals surface area contributed by atoms with Crippen molar-refractivity contribution in [3.05, 3.63) is 58.7 Å². The molecule has 0 spiro atoms. The van der Waals surface area contributed by atoms with Crippen LogP contribution in [0.2, 0.25) is 0 Å². The quantitative estimate of drug-likeness (QED) is 0.552. The van der Waals surface area contributed by atoms with Gasteiger partial charge < -0.3 is 0 Å². The van der Waals surface area contributed by atoms with E-state index in [4.69, 9.17) is 0 Å². The maximum atomic E-state index is 13.3. The standard InChI is InChI=1S/C17H13F6NO3S/c1-9-3-5-12(6-4-9)28(26,27)24-14-8-11(16(18,19)20)7-13(17(21,22)23)15(14)10(2)25/h3-8,24H,1-2H3. The number of anilines is 1. The number of rotatable bonds is 4. The molecule has 1 N–H and O–H groups in total. The number of sulfonamides is 1. The molecule has 11 heteroatoms. The summed E-state index contributed by atoms with van der Waals surface area (Å²) < 4.78 is 105. The first-order valence-corrected chi connectivity index (χ1v) is 9.04. The molecule has 0 fully saturated rings. The highest BCUT2D eigenvalue weighted by molar-refractivity contribution is 7.92. The highest BCUT2D eigenvalue weighted by Gasteiger charge is 2.41. The zero-order valence-corrected chi connectivity index (χ0v) is 15.2. The lowest BCUT2D eigenvalue weighted by Gasteiger charge is -2.19. The van der Waals surface area contributed by atoms with Crippen LogP contribution < -0.4 is 4.72 Å². The van der Waals surface area contributed by atoms with E-state index in [-0.39, 0.29) is 12.1 Å². The lowest BCUT2D eigenvalue weighted by Crippen LogP contribution is -2.21. The van der Waals surface area contributed by atoms with Gasteiger partial charge in [-0.15, -0.1) is 0 Å². The second kappa shape index (κ2) is 7.12. The molecule has 2 aromatic rings. The number of aryl methyl sites for hydroxylation is 1. The van der Waals surface area contributed by atoms with Crippen molar-refractivity contribution in [2.75, 3.05) is 4.72 Å². The molecule has 0 saturated heterocycles. The van der Waals surface area contributed by atoms with Gasteiger partial charge in [0.2, 0.25) is 0 Å². The summed E-state index contributed by atoms with van der Waals surface area (Å²) in [5.41, 5.74) is -5.24. The first kappa shape index (κ1) is 21.7. The molecule has 0 bridgehead atoms. The average molecular weight is 425 g/mol. The van der Waals surface area contributed by atoms with Crippen LogP contribution in [0.3, 0.4) is 0 Å². The first-order chi connectivity index (χ1) is 12.6. The Hall–Kier alpha value is -2.56. The number of alkyl halides is 6. The van der Waals surface area contributed by atoms with Gasteiger partial charge in [0.25, 0.3) is 10.0 Å². The van der Waals surface area contributed by atoms with Crippen molar-refractivity contribution in [1.29, 1.82) is 0 Å². The summed E-state index contributed by atoms with van der Waals surface area (Å²) in [7, 11) is -4.55. The van der Waals surface area contributed by atoms with Crippen molar-refractivity contribution in [3.8, 4) is 0 Å². The Labute approximate surface area is 156 Å². The first-order valence-electron chi connectivity index (χ1n) is 7.56. The van der Waals surface area contributed by atoms with Gasteiger partial charge in [0.15, 0.2) is 5.78 Å². The molecule has 0 unspecified atom stereocenters. The predicted molar refractivity (Wildman–Crippen MR) is 88.4 cm³/mol. The topological polar surface area (TPSA) is 63.2 Å². The number of halogens is 6. The van der Waals surface area contributed by atoms with Gasteiger partial charge in [-0.05, 0) is 38.1 Å². The number of nitrogens with one attached hydrogen (secondary N) is 1. The van der Waals surface area contributed by atoms with E-state index in [1.807, 2.05) is 0 Å². The smallest absolute Gasteiger partial charge is 0.294 e. The Morgan fingerprint density at radius 1 is 0.929 bits per heavy atom. The van der Waals surface area contributed by atoms with Gasteiger partial charge in [-0.2, -0.15) is 26.3 Å². The fraction of sp³-hybridized carbons (Fsp3) is 0.235. The molecule has 0 aliphatic heterocycles. The van der Waals surface area contributed by atoms with Gasteiger partial charge in [0.1, 0.15) is 0 Å². The third-order valence-electron chi connectivity index (χ3n) is 3.70. The van der Waals surface area contributed by atoms with E-state index >= 15 is 0 Å². The summed E-state index contributed by atoms with van der Waals surface area (Å²) >= 11 is 0. The van der Waals surface area contributed by atoms with Gasteiger partial charge in [0, 0.05) is 0 Å². The van der Waals surface area contributed by atoms with Crippen LogP contribution in [0.1, 0.15) is 34.0 Å². The van der Waals surface area contributed by atoms with E-state index in [2.05, 4.69) is 0 Å². The number of Topliss-reactive ketones (excluding diaryl/α,β-unsaturated/α-hetero) is 1. The molecule has 0 heterocycles. The molecule has 2 rings (SSSR count). The Balaban J connectivity index is 2.74. The summed E-state index contributed by atoms with van der Waals surface area (Å²) in [6.45, 7) is 2.35. The molecule has 0 radical (unpaired) electrons. The number of carbonyl (C=O) groups excluding carboxylic acids is 1. The second-order valence-electron chi connectivity index (χ2n) is 5.92. The van der Waals surface area contributed by atoms with Crippen LogP contribution in [-0.4, -0.2) is 14.2 Å². The molecule has 0 aliphatic carbocycles. The fourth-order valence-corrected chi connectivity index (χ4v) is 3.47. The molecule has 2 aromatic carbocycles. The van der Waals surface area contributed by atoms with Gasteiger partial charge in [-0.25, -0.2) is 8.42 Å². The number of carbonyl (C=O) groups is 1. The second-order valence-corrected chi connectivity index (χ2v) is 7.60. The largest absolute Gasteiger partial charge is 0.417 e. The van der Waals surface area contributed by atoms with E-state index in [0.29, 0.717) is 12.5 Å². The molecule has 152 valence electrons. The van der Waals surface area contributed by atoms with Crippen molar-refractivity contribution in [2.45, 2.75) is 31.1 Å². The molecule has 28 heavy (non-hydrogen) atoms. The monoisotopic (exact) mass is 425 g/mol. The summed E-state index contributed by atoms with van der Waals surface area (Å²) in [6, 6.07) is 4.99. The Morgan fingerprint density at radius 3 is 1.89 bits per heavy atom. The molecular weight excluding hydrogens is 412 g/mol. The summed E-state index contributed by atoms with van der Waals surface area (Å²) in [4.78, 5) is 11.4. The van der Waals surface area contributed by atoms with E-state index in [1.165, 1.54) is 12.1 Å². The number of ketones is 1. The zero-order chi connectivity index (χ0) is 21.5. The number of hydrogen-bond donors (Lipinski definition) is 1. The third kappa shape index (κ3) is 4.64. The highest BCUT2D eigenvalue weighted by Crippen LogP contribution is 2.41. The predicted octanol–water partition coefficient (Wildman–Crippen LogP) is 5.04.